The Labute approximate surface area is 410 Å². The largest absolute Gasteiger partial charge is 0.500 e. The number of nitrogens with zero attached hydrogens (tertiary/aromatic N) is 6. The van der Waals surface area contributed by atoms with Crippen molar-refractivity contribution in [3.05, 3.63) is 161 Å². The molecule has 0 saturated carbocycles. The van der Waals surface area contributed by atoms with Crippen molar-refractivity contribution in [3.8, 4) is 45.7 Å². The van der Waals surface area contributed by atoms with Gasteiger partial charge in [-0.2, -0.15) is 5.26 Å². The van der Waals surface area contributed by atoms with Crippen LogP contribution in [-0.4, -0.2) is 24.5 Å². The summed E-state index contributed by atoms with van der Waals surface area (Å²) in [6, 6.07) is 45.1. The molecule has 6 aromatic carbocycles. The van der Waals surface area contributed by atoms with Gasteiger partial charge in [-0.25, -0.2) is 4.98 Å². The Morgan fingerprint density at radius 2 is 1.42 bits per heavy atom. The second-order valence-electron chi connectivity index (χ2n) is 19.4. The molecule has 67 heavy (non-hydrogen) atoms. The van der Waals surface area contributed by atoms with Crippen LogP contribution in [-0.2, 0) is 30.9 Å². The SMILES string of the molecule is CC(C)(C)c1ccnc(-c2[c-]cccc2)n1.[2H]C([2H])([2H])c1c(C#N)c2oc(C(C)(C)C)nc2c2c1oc1c(-c3nc4ccccc4n3-c3c(C(C)C)cc(-c4ccccc4)cc3C(C)C)[c-]ccc12.[Ir]. The minimum atomic E-state index is -2.68. The van der Waals surface area contributed by atoms with Crippen LogP contribution in [0.25, 0.3) is 83.7 Å². The number of benzene rings is 6. The maximum absolute atomic E-state index is 10.4. The van der Waals surface area contributed by atoms with E-state index in [4.69, 9.17) is 22.9 Å². The van der Waals surface area contributed by atoms with Gasteiger partial charge in [0.1, 0.15) is 22.7 Å². The monoisotopic (exact) mass is 1060 g/mol. The molecule has 0 aliphatic carbocycles. The summed E-state index contributed by atoms with van der Waals surface area (Å²) in [5.41, 5.74) is 10.2. The number of rotatable bonds is 6. The van der Waals surface area contributed by atoms with Crippen LogP contribution in [0.1, 0.15) is 119 Å². The van der Waals surface area contributed by atoms with Crippen LogP contribution in [0.15, 0.2) is 124 Å². The molecule has 0 bridgehead atoms. The normalized spacial score (nSPS) is 12.8. The Bertz CT molecular complexity index is 3560. The maximum Gasteiger partial charge on any atom is 0.200 e. The fourth-order valence-corrected chi connectivity index (χ4v) is 8.43. The fourth-order valence-electron chi connectivity index (χ4n) is 8.43. The van der Waals surface area contributed by atoms with Crippen molar-refractivity contribution in [1.82, 2.24) is 24.5 Å². The van der Waals surface area contributed by atoms with Crippen LogP contribution in [0.2, 0.25) is 0 Å². The van der Waals surface area contributed by atoms with E-state index in [-0.39, 0.29) is 59.6 Å². The standard InChI is InChI=1S/C44H39N4O2.C14H15N2.Ir/c1-24(2)31-21-28(27-15-10-9-11-16-27)22-32(25(3)4)38(31)48-35-20-13-12-19-34(35)46-42(48)30-18-14-17-29-36-37-41(50-43(47-37)44(6,7)8)33(23-45)26(5)39(36)49-40(29)30;1-14(2,3)12-9-10-15-13(16-12)11-7-5-4-6-8-11;/h9-17,19-22,24-25H,1-8H3;4-7,9-10H,1-3H3;/q2*-1;/i5D3;;. The molecule has 0 spiro atoms. The van der Waals surface area contributed by atoms with Crippen molar-refractivity contribution in [2.75, 3.05) is 0 Å². The van der Waals surface area contributed by atoms with Crippen molar-refractivity contribution < 1.29 is 33.1 Å². The molecule has 339 valence electrons. The van der Waals surface area contributed by atoms with Crippen molar-refractivity contribution in [2.24, 2.45) is 0 Å². The van der Waals surface area contributed by atoms with Gasteiger partial charge in [-0.15, -0.1) is 54.1 Å². The topological polar surface area (TPSA) is 107 Å². The molecular formula is C58H54IrN6O2-2. The molecule has 9 heteroatoms. The van der Waals surface area contributed by atoms with E-state index in [0.717, 1.165) is 44.9 Å². The molecule has 0 saturated heterocycles. The summed E-state index contributed by atoms with van der Waals surface area (Å²) >= 11 is 0. The van der Waals surface area contributed by atoms with Gasteiger partial charge < -0.3 is 13.4 Å². The first-order valence-corrected chi connectivity index (χ1v) is 22.4. The van der Waals surface area contributed by atoms with Gasteiger partial charge in [-0.3, -0.25) is 15.0 Å². The Hall–Kier alpha value is -6.72. The predicted octanol–water partition coefficient (Wildman–Crippen LogP) is 15.2. The molecule has 8 nitrogen and oxygen atoms in total. The molecule has 10 rings (SSSR count). The Kier molecular flexibility index (Phi) is 11.6. The van der Waals surface area contributed by atoms with Crippen LogP contribution in [0.3, 0.4) is 0 Å². The zero-order valence-electron chi connectivity index (χ0n) is 42.5. The van der Waals surface area contributed by atoms with E-state index >= 15 is 0 Å². The van der Waals surface area contributed by atoms with E-state index in [1.807, 2.05) is 93.7 Å². The molecule has 0 amide bonds. The van der Waals surface area contributed by atoms with Crippen molar-refractivity contribution in [2.45, 2.75) is 98.8 Å². The molecular weight excluding hydrogens is 1000 g/mol. The van der Waals surface area contributed by atoms with Gasteiger partial charge in [0.05, 0.1) is 28.3 Å². The number of aryl methyl sites for hydroxylation is 1. The van der Waals surface area contributed by atoms with Crippen molar-refractivity contribution in [1.29, 1.82) is 5.26 Å². The average molecular weight is 1060 g/mol. The number of para-hydroxylation sites is 2. The van der Waals surface area contributed by atoms with E-state index in [1.54, 1.807) is 0 Å². The van der Waals surface area contributed by atoms with Gasteiger partial charge in [-0.1, -0.05) is 123 Å². The molecule has 0 atom stereocenters. The summed E-state index contributed by atoms with van der Waals surface area (Å²) in [6.07, 6.45) is 1.81. The van der Waals surface area contributed by atoms with Crippen LogP contribution < -0.4 is 0 Å². The number of nitriles is 1. The van der Waals surface area contributed by atoms with Gasteiger partial charge in [0.25, 0.3) is 0 Å². The quantitative estimate of drug-likeness (QED) is 0.153. The summed E-state index contributed by atoms with van der Waals surface area (Å²) in [5.74, 6) is 2.07. The number of aromatic nitrogens is 5. The Balaban J connectivity index is 0.000000329. The number of fused-ring (bicyclic) bond motifs is 6. The summed E-state index contributed by atoms with van der Waals surface area (Å²) in [5, 5.41) is 11.5. The molecule has 0 fully saturated rings. The minimum Gasteiger partial charge on any atom is -0.500 e. The first-order chi connectivity index (χ1) is 32.8. The Morgan fingerprint density at radius 1 is 0.716 bits per heavy atom. The number of hydrogen-bond donors (Lipinski definition) is 0. The molecule has 10 aromatic rings. The molecule has 0 aliphatic heterocycles. The van der Waals surface area contributed by atoms with Crippen molar-refractivity contribution in [3.63, 3.8) is 0 Å². The zero-order valence-corrected chi connectivity index (χ0v) is 41.9. The van der Waals surface area contributed by atoms with Gasteiger partial charge in [0.15, 0.2) is 5.58 Å². The van der Waals surface area contributed by atoms with Crippen LogP contribution in [0, 0.1) is 30.3 Å². The first kappa shape index (κ1) is 42.9. The van der Waals surface area contributed by atoms with Gasteiger partial charge in [0, 0.05) is 63.6 Å². The second kappa shape index (κ2) is 18.2. The van der Waals surface area contributed by atoms with E-state index < -0.39 is 12.3 Å². The number of furan rings is 1. The molecule has 0 N–H and O–H groups in total. The zero-order chi connectivity index (χ0) is 49.2. The van der Waals surface area contributed by atoms with Crippen molar-refractivity contribution >= 4 is 44.1 Å². The van der Waals surface area contributed by atoms with Gasteiger partial charge in [0.2, 0.25) is 5.89 Å². The number of hydrogen-bond acceptors (Lipinski definition) is 7. The van der Waals surface area contributed by atoms with E-state index in [0.29, 0.717) is 39.2 Å². The third-order valence-electron chi connectivity index (χ3n) is 11.9. The summed E-state index contributed by atoms with van der Waals surface area (Å²) in [6.45, 7) is 18.5. The molecule has 0 unspecified atom stereocenters. The van der Waals surface area contributed by atoms with Crippen LogP contribution >= 0.6 is 0 Å². The summed E-state index contributed by atoms with van der Waals surface area (Å²) < 4.78 is 40.8. The molecule has 1 radical (unpaired) electrons. The smallest absolute Gasteiger partial charge is 0.200 e. The minimum absolute atomic E-state index is 0. The summed E-state index contributed by atoms with van der Waals surface area (Å²) in [7, 11) is 0. The third-order valence-corrected chi connectivity index (χ3v) is 11.9. The van der Waals surface area contributed by atoms with Crippen LogP contribution in [0.4, 0.5) is 0 Å². The van der Waals surface area contributed by atoms with E-state index in [9.17, 15) is 5.26 Å². The Morgan fingerprint density at radius 3 is 2.06 bits per heavy atom. The number of imidazole rings is 1. The fraction of sp³-hybridized carbons (Fsp3) is 0.259. The first-order valence-electron chi connectivity index (χ1n) is 23.9. The second-order valence-corrected chi connectivity index (χ2v) is 19.4. The van der Waals surface area contributed by atoms with Gasteiger partial charge >= 0.3 is 0 Å². The van der Waals surface area contributed by atoms with Gasteiger partial charge in [-0.05, 0) is 71.3 Å². The molecule has 4 heterocycles. The van der Waals surface area contributed by atoms with Crippen LogP contribution in [0.5, 0.6) is 0 Å². The number of oxazole rings is 1. The predicted molar refractivity (Wildman–Crippen MR) is 267 cm³/mol. The third kappa shape index (κ3) is 8.61. The van der Waals surface area contributed by atoms with E-state index in [1.165, 1.54) is 11.1 Å². The molecule has 4 aromatic heterocycles. The summed E-state index contributed by atoms with van der Waals surface area (Å²) in [4.78, 5) is 19.0. The maximum atomic E-state index is 10.4. The van der Waals surface area contributed by atoms with E-state index in [2.05, 4.69) is 124 Å². The molecule has 0 aliphatic rings. The average Bonchev–Trinajstić information content (AvgIpc) is 4.05.